The van der Waals surface area contributed by atoms with E-state index in [4.69, 9.17) is 9.52 Å². The van der Waals surface area contributed by atoms with Gasteiger partial charge in [-0.2, -0.15) is 4.31 Å². The topological polar surface area (TPSA) is 117 Å². The lowest BCUT2D eigenvalue weighted by molar-refractivity contribution is 0.0694. The summed E-state index contributed by atoms with van der Waals surface area (Å²) in [5.74, 6) is -1.54. The van der Waals surface area contributed by atoms with Gasteiger partial charge < -0.3 is 14.8 Å². The van der Waals surface area contributed by atoms with Gasteiger partial charge in [-0.05, 0) is 12.8 Å². The van der Waals surface area contributed by atoms with Crippen LogP contribution in [0.3, 0.4) is 0 Å². The Morgan fingerprint density at radius 3 is 2.70 bits per heavy atom. The summed E-state index contributed by atoms with van der Waals surface area (Å²) < 4.78 is 29.9. The van der Waals surface area contributed by atoms with Gasteiger partial charge in [0.15, 0.2) is 5.76 Å². The molecule has 1 aliphatic heterocycles. The Bertz CT molecular complexity index is 709. The maximum Gasteiger partial charge on any atom is 0.339 e. The molecule has 1 aromatic rings. The summed E-state index contributed by atoms with van der Waals surface area (Å²) in [7, 11) is -3.30. The van der Waals surface area contributed by atoms with Crippen LogP contribution in [0.25, 0.3) is 0 Å². The molecule has 8 nitrogen and oxygen atoms in total. The highest BCUT2D eigenvalue weighted by Crippen LogP contribution is 2.20. The van der Waals surface area contributed by atoms with E-state index in [-0.39, 0.29) is 29.7 Å². The van der Waals surface area contributed by atoms with Gasteiger partial charge in [0.25, 0.3) is 5.91 Å². The predicted molar refractivity (Wildman–Crippen MR) is 82.0 cm³/mol. The van der Waals surface area contributed by atoms with E-state index in [0.29, 0.717) is 19.4 Å². The third-order valence-corrected chi connectivity index (χ3v) is 5.16. The number of aromatic carboxylic acids is 1. The molecule has 0 aromatic carbocycles. The number of hydrogen-bond acceptors (Lipinski definition) is 5. The normalized spacial score (nSPS) is 19.0. The van der Waals surface area contributed by atoms with Crippen molar-refractivity contribution in [1.29, 1.82) is 0 Å². The van der Waals surface area contributed by atoms with Gasteiger partial charge in [0, 0.05) is 31.6 Å². The molecule has 1 aliphatic rings. The standard InChI is InChI=1S/C14H20N2O6S/c1-3-11-10(14(18)19)7-12(22-11)13(17)15-8-9-5-4-6-16(9)23(2,20)21/h7,9H,3-6,8H2,1-2H3,(H,15,17)(H,18,19)/t9-/m1/s1. The first-order chi connectivity index (χ1) is 10.7. The molecule has 1 saturated heterocycles. The van der Waals surface area contributed by atoms with Crippen LogP contribution in [0.5, 0.6) is 0 Å². The van der Waals surface area contributed by atoms with Gasteiger partial charge in [0.1, 0.15) is 11.3 Å². The molecule has 23 heavy (non-hydrogen) atoms. The Labute approximate surface area is 134 Å². The Kier molecular flexibility index (Phi) is 5.10. The number of carbonyl (C=O) groups is 2. The maximum absolute atomic E-state index is 12.1. The summed E-state index contributed by atoms with van der Waals surface area (Å²) >= 11 is 0. The number of aryl methyl sites for hydroxylation is 1. The second kappa shape index (κ2) is 6.71. The van der Waals surface area contributed by atoms with Crippen molar-refractivity contribution in [3.8, 4) is 0 Å². The van der Waals surface area contributed by atoms with Crippen molar-refractivity contribution >= 4 is 21.9 Å². The minimum atomic E-state index is -3.30. The number of carboxylic acids is 1. The molecule has 1 amide bonds. The van der Waals surface area contributed by atoms with Crippen LogP contribution in [-0.2, 0) is 16.4 Å². The largest absolute Gasteiger partial charge is 0.478 e. The van der Waals surface area contributed by atoms with Gasteiger partial charge in [-0.1, -0.05) is 6.92 Å². The van der Waals surface area contributed by atoms with Crippen molar-refractivity contribution in [3.05, 3.63) is 23.2 Å². The van der Waals surface area contributed by atoms with Crippen molar-refractivity contribution in [2.75, 3.05) is 19.3 Å². The van der Waals surface area contributed by atoms with Crippen LogP contribution in [-0.4, -0.2) is 55.1 Å². The van der Waals surface area contributed by atoms with Gasteiger partial charge in [0.05, 0.1) is 6.26 Å². The molecular weight excluding hydrogens is 324 g/mol. The molecule has 1 atom stereocenters. The average molecular weight is 344 g/mol. The van der Waals surface area contributed by atoms with Crippen LogP contribution in [0.2, 0.25) is 0 Å². The Morgan fingerprint density at radius 2 is 2.17 bits per heavy atom. The first kappa shape index (κ1) is 17.5. The molecule has 9 heteroatoms. The van der Waals surface area contributed by atoms with Crippen molar-refractivity contribution in [1.82, 2.24) is 9.62 Å². The maximum atomic E-state index is 12.1. The van der Waals surface area contributed by atoms with E-state index in [1.165, 1.54) is 10.4 Å². The van der Waals surface area contributed by atoms with Crippen LogP contribution in [0.4, 0.5) is 0 Å². The zero-order valence-electron chi connectivity index (χ0n) is 13.0. The first-order valence-electron chi connectivity index (χ1n) is 7.35. The lowest BCUT2D eigenvalue weighted by atomic mass is 10.2. The van der Waals surface area contributed by atoms with Gasteiger partial charge in [-0.3, -0.25) is 4.79 Å². The Balaban J connectivity index is 2.04. The zero-order valence-corrected chi connectivity index (χ0v) is 13.9. The van der Waals surface area contributed by atoms with E-state index in [0.717, 1.165) is 12.7 Å². The number of hydrogen-bond donors (Lipinski definition) is 2. The van der Waals surface area contributed by atoms with E-state index in [1.807, 2.05) is 0 Å². The fourth-order valence-electron chi connectivity index (χ4n) is 2.73. The van der Waals surface area contributed by atoms with Crippen LogP contribution < -0.4 is 5.32 Å². The third-order valence-electron chi connectivity index (χ3n) is 3.83. The summed E-state index contributed by atoms with van der Waals surface area (Å²) in [4.78, 5) is 23.2. The minimum Gasteiger partial charge on any atom is -0.478 e. The number of nitrogens with zero attached hydrogens (tertiary/aromatic N) is 1. The van der Waals surface area contributed by atoms with Crippen LogP contribution in [0.1, 0.15) is 46.4 Å². The summed E-state index contributed by atoms with van der Waals surface area (Å²) in [5, 5.41) is 11.7. The lowest BCUT2D eigenvalue weighted by Crippen LogP contribution is -2.42. The molecule has 2 heterocycles. The molecule has 2 rings (SSSR count). The molecule has 1 fully saturated rings. The molecule has 0 radical (unpaired) electrons. The van der Waals surface area contributed by atoms with Crippen LogP contribution in [0.15, 0.2) is 10.5 Å². The quantitative estimate of drug-likeness (QED) is 0.784. The molecule has 128 valence electrons. The Hall–Kier alpha value is -1.87. The summed E-state index contributed by atoms with van der Waals surface area (Å²) in [6, 6.07) is 0.910. The average Bonchev–Trinajstić information content (AvgIpc) is 3.10. The number of sulfonamides is 1. The zero-order chi connectivity index (χ0) is 17.2. The van der Waals surface area contributed by atoms with Gasteiger partial charge in [0.2, 0.25) is 10.0 Å². The van der Waals surface area contributed by atoms with Crippen molar-refractivity contribution in [2.45, 2.75) is 32.2 Å². The van der Waals surface area contributed by atoms with Gasteiger partial charge in [-0.25, -0.2) is 13.2 Å². The summed E-state index contributed by atoms with van der Waals surface area (Å²) in [6.07, 6.45) is 2.93. The molecule has 0 bridgehead atoms. The fraction of sp³-hybridized carbons (Fsp3) is 0.571. The number of furan rings is 1. The summed E-state index contributed by atoms with van der Waals surface area (Å²) in [6.45, 7) is 2.34. The number of nitrogens with one attached hydrogen (secondary N) is 1. The third kappa shape index (κ3) is 3.91. The van der Waals surface area contributed by atoms with E-state index in [9.17, 15) is 18.0 Å². The predicted octanol–water partition coefficient (Wildman–Crippen LogP) is 0.694. The molecule has 0 aliphatic carbocycles. The summed E-state index contributed by atoms with van der Waals surface area (Å²) in [5.41, 5.74) is -0.0312. The van der Waals surface area contributed by atoms with E-state index in [1.54, 1.807) is 6.92 Å². The lowest BCUT2D eigenvalue weighted by Gasteiger charge is -2.22. The van der Waals surface area contributed by atoms with E-state index >= 15 is 0 Å². The number of carbonyl (C=O) groups excluding carboxylic acids is 1. The number of rotatable bonds is 6. The number of amides is 1. The smallest absolute Gasteiger partial charge is 0.339 e. The van der Waals surface area contributed by atoms with E-state index < -0.39 is 21.9 Å². The SMILES string of the molecule is CCc1oc(C(=O)NC[C@H]2CCCN2S(C)(=O)=O)cc1C(=O)O. The highest BCUT2D eigenvalue weighted by atomic mass is 32.2. The van der Waals surface area contributed by atoms with E-state index in [2.05, 4.69) is 5.32 Å². The molecule has 2 N–H and O–H groups in total. The van der Waals surface area contributed by atoms with Crippen molar-refractivity contribution < 1.29 is 27.5 Å². The molecule has 1 aromatic heterocycles. The first-order valence-corrected chi connectivity index (χ1v) is 9.20. The highest BCUT2D eigenvalue weighted by molar-refractivity contribution is 7.88. The van der Waals surface area contributed by atoms with Crippen LogP contribution in [0, 0.1) is 0 Å². The van der Waals surface area contributed by atoms with Crippen LogP contribution >= 0.6 is 0 Å². The second-order valence-corrected chi connectivity index (χ2v) is 7.42. The Morgan fingerprint density at radius 1 is 1.48 bits per heavy atom. The second-order valence-electron chi connectivity index (χ2n) is 5.49. The molecule has 0 unspecified atom stereocenters. The minimum absolute atomic E-state index is 0.0312. The molecule has 0 spiro atoms. The highest BCUT2D eigenvalue weighted by Gasteiger charge is 2.31. The molecule has 0 saturated carbocycles. The van der Waals surface area contributed by atoms with Gasteiger partial charge >= 0.3 is 5.97 Å². The fourth-order valence-corrected chi connectivity index (χ4v) is 3.91. The number of carboxylic acid groups (broad SMARTS) is 1. The monoisotopic (exact) mass is 344 g/mol. The van der Waals surface area contributed by atoms with Gasteiger partial charge in [-0.15, -0.1) is 0 Å². The molecular formula is C14H20N2O6S. The van der Waals surface area contributed by atoms with Crippen molar-refractivity contribution in [2.24, 2.45) is 0 Å². The van der Waals surface area contributed by atoms with Crippen molar-refractivity contribution in [3.63, 3.8) is 0 Å².